The van der Waals surface area contributed by atoms with Crippen LogP contribution in [0.25, 0.3) is 0 Å². The van der Waals surface area contributed by atoms with E-state index in [4.69, 9.17) is 9.94 Å². The Morgan fingerprint density at radius 1 is 1.11 bits per heavy atom. The number of carboxylic acid groups (broad SMARTS) is 1. The zero-order chi connectivity index (χ0) is 13.6. The maximum Gasteiger partial charge on any atom is 0.361 e. The lowest BCUT2D eigenvalue weighted by molar-refractivity contribution is -0.163. The van der Waals surface area contributed by atoms with Crippen molar-refractivity contribution in [3.63, 3.8) is 0 Å². The molecule has 4 rings (SSSR count). The van der Waals surface area contributed by atoms with Crippen LogP contribution in [0.15, 0.2) is 5.16 Å². The van der Waals surface area contributed by atoms with E-state index in [2.05, 4.69) is 5.16 Å². The molecule has 0 atom stereocenters. The van der Waals surface area contributed by atoms with E-state index in [1.165, 1.54) is 26.2 Å². The van der Waals surface area contributed by atoms with E-state index >= 15 is 0 Å². The molecule has 5 nitrogen and oxygen atoms in total. The molecular weight excluding hydrogens is 246 g/mol. The SMILES string of the molecule is CC(=O)/C(=N/OC12CC3CC(CC(C3)C1)C2)C(=O)O. The van der Waals surface area contributed by atoms with Gasteiger partial charge in [0.05, 0.1) is 0 Å². The van der Waals surface area contributed by atoms with E-state index in [-0.39, 0.29) is 5.60 Å². The molecule has 0 aromatic heterocycles. The monoisotopic (exact) mass is 265 g/mol. The van der Waals surface area contributed by atoms with E-state index in [1.54, 1.807) is 0 Å². The molecule has 4 aliphatic rings. The second kappa shape index (κ2) is 4.32. The summed E-state index contributed by atoms with van der Waals surface area (Å²) in [5.41, 5.74) is -0.791. The van der Waals surface area contributed by atoms with Crippen molar-refractivity contribution < 1.29 is 19.5 Å². The first-order valence-electron chi connectivity index (χ1n) is 6.98. The molecule has 0 spiro atoms. The predicted octanol–water partition coefficient (Wildman–Crippen LogP) is 2.00. The van der Waals surface area contributed by atoms with Gasteiger partial charge in [0.2, 0.25) is 5.71 Å². The number of nitrogens with zero attached hydrogens (tertiary/aromatic N) is 1. The van der Waals surface area contributed by atoms with Crippen molar-refractivity contribution in [2.75, 3.05) is 0 Å². The first-order chi connectivity index (χ1) is 8.97. The molecule has 0 radical (unpaired) electrons. The fourth-order valence-electron chi connectivity index (χ4n) is 4.54. The van der Waals surface area contributed by atoms with Crippen LogP contribution in [0.4, 0.5) is 0 Å². The molecule has 0 aromatic carbocycles. The van der Waals surface area contributed by atoms with Crippen molar-refractivity contribution in [1.29, 1.82) is 0 Å². The molecule has 5 heteroatoms. The third-order valence-electron chi connectivity index (χ3n) is 4.85. The largest absolute Gasteiger partial charge is 0.476 e. The van der Waals surface area contributed by atoms with Crippen molar-refractivity contribution in [3.05, 3.63) is 0 Å². The minimum absolute atomic E-state index is 0.301. The van der Waals surface area contributed by atoms with Crippen molar-refractivity contribution >= 4 is 17.5 Å². The number of hydrogen-bond donors (Lipinski definition) is 1. The van der Waals surface area contributed by atoms with E-state index < -0.39 is 17.5 Å². The van der Waals surface area contributed by atoms with Gasteiger partial charge >= 0.3 is 5.97 Å². The van der Waals surface area contributed by atoms with Gasteiger partial charge in [0.25, 0.3) is 0 Å². The van der Waals surface area contributed by atoms with Crippen LogP contribution in [0, 0.1) is 17.8 Å². The zero-order valence-corrected chi connectivity index (χ0v) is 11.1. The van der Waals surface area contributed by atoms with Crippen molar-refractivity contribution in [3.8, 4) is 0 Å². The average molecular weight is 265 g/mol. The summed E-state index contributed by atoms with van der Waals surface area (Å²) in [5.74, 6) is 0.237. The quantitative estimate of drug-likeness (QED) is 0.479. The van der Waals surface area contributed by atoms with Crippen LogP contribution in [-0.2, 0) is 14.4 Å². The first kappa shape index (κ1) is 12.6. The van der Waals surface area contributed by atoms with Gasteiger partial charge < -0.3 is 9.94 Å². The topological polar surface area (TPSA) is 76.0 Å². The van der Waals surface area contributed by atoms with E-state index in [1.807, 2.05) is 0 Å². The fourth-order valence-corrected chi connectivity index (χ4v) is 4.54. The van der Waals surface area contributed by atoms with Crippen LogP contribution in [-0.4, -0.2) is 28.2 Å². The third kappa shape index (κ3) is 2.26. The highest BCUT2D eigenvalue weighted by Crippen LogP contribution is 2.57. The molecule has 19 heavy (non-hydrogen) atoms. The Bertz CT molecular complexity index is 403. The molecular formula is C14H19NO4. The molecule has 4 saturated carbocycles. The van der Waals surface area contributed by atoms with Gasteiger partial charge in [0.15, 0.2) is 5.78 Å². The van der Waals surface area contributed by atoms with Gasteiger partial charge in [-0.15, -0.1) is 0 Å². The van der Waals surface area contributed by atoms with Crippen LogP contribution >= 0.6 is 0 Å². The Kier molecular flexibility index (Phi) is 2.87. The van der Waals surface area contributed by atoms with E-state index in [0.717, 1.165) is 19.3 Å². The molecule has 0 heterocycles. The minimum Gasteiger partial charge on any atom is -0.476 e. The number of Topliss-reactive ketones (excluding diaryl/α,β-unsaturated/α-hetero) is 1. The number of ketones is 1. The normalized spacial score (nSPS) is 40.3. The second-order valence-electron chi connectivity index (χ2n) is 6.49. The van der Waals surface area contributed by atoms with Crippen molar-refractivity contribution in [1.82, 2.24) is 0 Å². The lowest BCUT2D eigenvalue weighted by atomic mass is 9.54. The van der Waals surface area contributed by atoms with Crippen molar-refractivity contribution in [2.45, 2.75) is 51.0 Å². The van der Waals surface area contributed by atoms with E-state index in [9.17, 15) is 9.59 Å². The third-order valence-corrected chi connectivity index (χ3v) is 4.85. The number of carboxylic acids is 1. The molecule has 0 saturated heterocycles. The molecule has 0 aliphatic heterocycles. The summed E-state index contributed by atoms with van der Waals surface area (Å²) in [4.78, 5) is 27.8. The summed E-state index contributed by atoms with van der Waals surface area (Å²) in [6.07, 6.45) is 6.74. The highest BCUT2D eigenvalue weighted by atomic mass is 16.7. The summed E-state index contributed by atoms with van der Waals surface area (Å²) in [6.45, 7) is 1.20. The smallest absolute Gasteiger partial charge is 0.361 e. The van der Waals surface area contributed by atoms with Crippen LogP contribution < -0.4 is 0 Å². The maximum absolute atomic E-state index is 11.2. The van der Waals surface area contributed by atoms with Gasteiger partial charge in [-0.3, -0.25) is 4.79 Å². The molecule has 1 N–H and O–H groups in total. The Morgan fingerprint density at radius 2 is 1.58 bits per heavy atom. The average Bonchev–Trinajstić information content (AvgIpc) is 2.25. The Hall–Kier alpha value is -1.39. The highest BCUT2D eigenvalue weighted by Gasteiger charge is 2.53. The van der Waals surface area contributed by atoms with Gasteiger partial charge in [-0.1, -0.05) is 5.16 Å². The Balaban J connectivity index is 1.77. The van der Waals surface area contributed by atoms with Crippen molar-refractivity contribution in [2.24, 2.45) is 22.9 Å². The van der Waals surface area contributed by atoms with Gasteiger partial charge in [-0.25, -0.2) is 4.79 Å². The summed E-state index contributed by atoms with van der Waals surface area (Å²) < 4.78 is 0. The minimum atomic E-state index is -1.31. The first-order valence-corrected chi connectivity index (χ1v) is 6.98. The second-order valence-corrected chi connectivity index (χ2v) is 6.49. The number of carbonyl (C=O) groups excluding carboxylic acids is 1. The van der Waals surface area contributed by atoms with Crippen LogP contribution in [0.5, 0.6) is 0 Å². The molecule has 4 fully saturated rings. The maximum atomic E-state index is 11.2. The number of rotatable bonds is 4. The van der Waals surface area contributed by atoms with Gasteiger partial charge in [-0.2, -0.15) is 0 Å². The summed E-state index contributed by atoms with van der Waals surface area (Å²) in [7, 11) is 0. The molecule has 0 amide bonds. The lowest BCUT2D eigenvalue weighted by Crippen LogP contribution is -2.51. The Labute approximate surface area is 112 Å². The van der Waals surface area contributed by atoms with Crippen LogP contribution in [0.1, 0.15) is 45.4 Å². The number of carbonyl (C=O) groups is 2. The number of oxime groups is 1. The molecule has 4 bridgehead atoms. The molecule has 4 aliphatic carbocycles. The summed E-state index contributed by atoms with van der Waals surface area (Å²) in [5, 5.41) is 12.6. The van der Waals surface area contributed by atoms with E-state index in [0.29, 0.717) is 17.8 Å². The number of hydrogen-bond acceptors (Lipinski definition) is 4. The lowest BCUT2D eigenvalue weighted by Gasteiger charge is -2.54. The summed E-state index contributed by atoms with van der Waals surface area (Å²) in [6, 6.07) is 0. The zero-order valence-electron chi connectivity index (χ0n) is 11.1. The molecule has 104 valence electrons. The molecule has 0 unspecified atom stereocenters. The van der Waals surface area contributed by atoms with Crippen LogP contribution in [0.2, 0.25) is 0 Å². The summed E-state index contributed by atoms with van der Waals surface area (Å²) >= 11 is 0. The highest BCUT2D eigenvalue weighted by molar-refractivity contribution is 6.63. The number of aliphatic carboxylic acids is 1. The van der Waals surface area contributed by atoms with Gasteiger partial charge in [0, 0.05) is 6.92 Å². The fraction of sp³-hybridized carbons (Fsp3) is 0.786. The Morgan fingerprint density at radius 3 is 1.95 bits per heavy atom. The predicted molar refractivity (Wildman–Crippen MR) is 67.7 cm³/mol. The molecule has 0 aromatic rings. The standard InChI is InChI=1S/C14H19NO4/c1-8(16)12(13(17)18)15-19-14-5-9-2-10(6-14)4-11(3-9)7-14/h9-11H,2-7H2,1H3,(H,17,18)/b15-12-. The van der Waals surface area contributed by atoms with Gasteiger partial charge in [-0.05, 0) is 56.3 Å². The van der Waals surface area contributed by atoms with Crippen LogP contribution in [0.3, 0.4) is 0 Å². The van der Waals surface area contributed by atoms with Gasteiger partial charge in [0.1, 0.15) is 5.60 Å².